The summed E-state index contributed by atoms with van der Waals surface area (Å²) < 4.78 is 2.70. The third-order valence-corrected chi connectivity index (χ3v) is 4.40. The lowest BCUT2D eigenvalue weighted by Gasteiger charge is -2.03. The predicted octanol–water partition coefficient (Wildman–Crippen LogP) is 2.95. The molecule has 0 amide bonds. The molecule has 0 aromatic carbocycles. The van der Waals surface area contributed by atoms with Crippen LogP contribution >= 0.6 is 27.3 Å². The van der Waals surface area contributed by atoms with E-state index < -0.39 is 0 Å². The number of rotatable bonds is 2. The van der Waals surface area contributed by atoms with Gasteiger partial charge in [-0.05, 0) is 27.4 Å². The highest BCUT2D eigenvalue weighted by Crippen LogP contribution is 2.32. The van der Waals surface area contributed by atoms with Gasteiger partial charge in [0.1, 0.15) is 5.82 Å². The average Bonchev–Trinajstić information content (AvgIpc) is 2.97. The molecule has 0 atom stereocenters. The molecule has 0 unspecified atom stereocenters. The number of anilines is 1. The molecule has 3 heterocycles. The SMILES string of the molecule is Cn1cc(-c2cc(N)nc(-c3sccc3Br)n2)cn1. The van der Waals surface area contributed by atoms with Crippen molar-refractivity contribution in [1.29, 1.82) is 0 Å². The molecule has 0 spiro atoms. The number of nitrogens with two attached hydrogens (primary N) is 1. The van der Waals surface area contributed by atoms with Crippen molar-refractivity contribution in [1.82, 2.24) is 19.7 Å². The summed E-state index contributed by atoms with van der Waals surface area (Å²) in [5.74, 6) is 1.07. The van der Waals surface area contributed by atoms with E-state index >= 15 is 0 Å². The zero-order chi connectivity index (χ0) is 13.4. The van der Waals surface area contributed by atoms with Crippen LogP contribution in [0, 0.1) is 0 Å². The van der Waals surface area contributed by atoms with Crippen LogP contribution in [0.3, 0.4) is 0 Å². The van der Waals surface area contributed by atoms with Gasteiger partial charge in [0, 0.05) is 29.3 Å². The number of thiophene rings is 1. The first-order valence-corrected chi connectivity index (χ1v) is 7.17. The van der Waals surface area contributed by atoms with Gasteiger partial charge in [-0.1, -0.05) is 0 Å². The number of aromatic nitrogens is 4. The van der Waals surface area contributed by atoms with E-state index in [-0.39, 0.29) is 0 Å². The molecular weight excluding hydrogens is 326 g/mol. The first-order valence-electron chi connectivity index (χ1n) is 5.50. The predicted molar refractivity (Wildman–Crippen MR) is 79.7 cm³/mol. The van der Waals surface area contributed by atoms with Crippen molar-refractivity contribution in [2.45, 2.75) is 0 Å². The van der Waals surface area contributed by atoms with E-state index in [1.54, 1.807) is 28.3 Å². The molecule has 0 saturated heterocycles. The Morgan fingerprint density at radius 1 is 1.37 bits per heavy atom. The second-order valence-electron chi connectivity index (χ2n) is 4.00. The van der Waals surface area contributed by atoms with Gasteiger partial charge in [0.15, 0.2) is 5.82 Å². The van der Waals surface area contributed by atoms with Gasteiger partial charge >= 0.3 is 0 Å². The number of halogens is 1. The van der Waals surface area contributed by atoms with Crippen LogP contribution in [0.15, 0.2) is 34.4 Å². The first kappa shape index (κ1) is 12.3. The van der Waals surface area contributed by atoms with Crippen molar-refractivity contribution in [3.8, 4) is 22.0 Å². The van der Waals surface area contributed by atoms with Gasteiger partial charge in [0.2, 0.25) is 0 Å². The second-order valence-corrected chi connectivity index (χ2v) is 5.77. The van der Waals surface area contributed by atoms with Crippen LogP contribution in [-0.4, -0.2) is 19.7 Å². The number of nitrogen functional groups attached to an aromatic ring is 1. The third-order valence-electron chi connectivity index (χ3n) is 2.57. The summed E-state index contributed by atoms with van der Waals surface area (Å²) in [5, 5.41) is 6.12. The Morgan fingerprint density at radius 3 is 2.84 bits per heavy atom. The van der Waals surface area contributed by atoms with Gasteiger partial charge in [-0.25, -0.2) is 9.97 Å². The summed E-state index contributed by atoms with van der Waals surface area (Å²) in [6.07, 6.45) is 3.66. The minimum Gasteiger partial charge on any atom is -0.384 e. The normalized spacial score (nSPS) is 10.8. The highest BCUT2D eigenvalue weighted by atomic mass is 79.9. The van der Waals surface area contributed by atoms with Gasteiger partial charge in [-0.15, -0.1) is 11.3 Å². The van der Waals surface area contributed by atoms with E-state index in [4.69, 9.17) is 5.73 Å². The van der Waals surface area contributed by atoms with Crippen LogP contribution in [0.4, 0.5) is 5.82 Å². The zero-order valence-electron chi connectivity index (χ0n) is 10.0. The molecule has 0 aliphatic heterocycles. The van der Waals surface area contributed by atoms with Crippen molar-refractivity contribution < 1.29 is 0 Å². The molecule has 96 valence electrons. The Labute approximate surface area is 122 Å². The average molecular weight is 336 g/mol. The van der Waals surface area contributed by atoms with Crippen LogP contribution in [0.1, 0.15) is 0 Å². The fourth-order valence-electron chi connectivity index (χ4n) is 1.72. The molecule has 2 N–H and O–H groups in total. The quantitative estimate of drug-likeness (QED) is 0.781. The highest BCUT2D eigenvalue weighted by Gasteiger charge is 2.12. The minimum atomic E-state index is 0.448. The van der Waals surface area contributed by atoms with Crippen molar-refractivity contribution in [2.24, 2.45) is 7.05 Å². The van der Waals surface area contributed by atoms with E-state index in [1.807, 2.05) is 24.7 Å². The standard InChI is InChI=1S/C12H10BrN5S/c1-18-6-7(5-15-18)9-4-10(14)17-12(16-9)11-8(13)2-3-19-11/h2-6H,1H3,(H2,14,16,17). The van der Waals surface area contributed by atoms with Crippen LogP contribution in [-0.2, 0) is 7.05 Å². The summed E-state index contributed by atoms with van der Waals surface area (Å²) in [6, 6.07) is 3.72. The van der Waals surface area contributed by atoms with Crippen LogP contribution in [0.2, 0.25) is 0 Å². The lowest BCUT2D eigenvalue weighted by molar-refractivity contribution is 0.768. The Bertz CT molecular complexity index is 733. The van der Waals surface area contributed by atoms with Crippen molar-refractivity contribution in [3.05, 3.63) is 34.4 Å². The Balaban J connectivity index is 2.13. The first-order chi connectivity index (χ1) is 9.13. The van der Waals surface area contributed by atoms with E-state index in [9.17, 15) is 0 Å². The molecule has 19 heavy (non-hydrogen) atoms. The fourth-order valence-corrected chi connectivity index (χ4v) is 3.20. The van der Waals surface area contributed by atoms with Gasteiger partial charge in [-0.3, -0.25) is 4.68 Å². The lowest BCUT2D eigenvalue weighted by atomic mass is 10.2. The fraction of sp³-hybridized carbons (Fsp3) is 0.0833. The van der Waals surface area contributed by atoms with Crippen LogP contribution in [0.5, 0.6) is 0 Å². The maximum atomic E-state index is 5.87. The van der Waals surface area contributed by atoms with E-state index in [0.717, 1.165) is 20.6 Å². The molecule has 0 fully saturated rings. The van der Waals surface area contributed by atoms with Gasteiger partial charge < -0.3 is 5.73 Å². The summed E-state index contributed by atoms with van der Waals surface area (Å²) >= 11 is 5.06. The maximum absolute atomic E-state index is 5.87. The highest BCUT2D eigenvalue weighted by molar-refractivity contribution is 9.10. The monoisotopic (exact) mass is 335 g/mol. The molecule has 3 aromatic heterocycles. The molecule has 0 aliphatic rings. The lowest BCUT2D eigenvalue weighted by Crippen LogP contribution is -1.97. The van der Waals surface area contributed by atoms with Crippen LogP contribution < -0.4 is 5.73 Å². The summed E-state index contributed by atoms with van der Waals surface area (Å²) in [4.78, 5) is 9.82. The number of hydrogen-bond acceptors (Lipinski definition) is 5. The maximum Gasteiger partial charge on any atom is 0.173 e. The smallest absolute Gasteiger partial charge is 0.173 e. The molecule has 5 nitrogen and oxygen atoms in total. The Morgan fingerprint density at radius 2 is 2.21 bits per heavy atom. The van der Waals surface area contributed by atoms with E-state index in [0.29, 0.717) is 11.6 Å². The molecule has 0 bridgehead atoms. The molecule has 3 rings (SSSR count). The summed E-state index contributed by atoms with van der Waals surface area (Å²) in [6.45, 7) is 0. The summed E-state index contributed by atoms with van der Waals surface area (Å²) in [5.41, 5.74) is 7.57. The van der Waals surface area contributed by atoms with Crippen molar-refractivity contribution >= 4 is 33.1 Å². The van der Waals surface area contributed by atoms with Gasteiger partial charge in [0.25, 0.3) is 0 Å². The molecule has 0 radical (unpaired) electrons. The van der Waals surface area contributed by atoms with Crippen molar-refractivity contribution in [2.75, 3.05) is 5.73 Å². The topological polar surface area (TPSA) is 69.6 Å². The summed E-state index contributed by atoms with van der Waals surface area (Å²) in [7, 11) is 1.87. The minimum absolute atomic E-state index is 0.448. The molecule has 0 saturated carbocycles. The largest absolute Gasteiger partial charge is 0.384 e. The van der Waals surface area contributed by atoms with E-state index in [1.165, 1.54) is 0 Å². The third kappa shape index (κ3) is 2.39. The number of nitrogens with zero attached hydrogens (tertiary/aromatic N) is 4. The Hall–Kier alpha value is -1.73. The molecular formula is C12H10BrN5S. The zero-order valence-corrected chi connectivity index (χ0v) is 12.4. The van der Waals surface area contributed by atoms with Gasteiger partial charge in [-0.2, -0.15) is 5.10 Å². The number of aryl methyl sites for hydroxylation is 1. The molecule has 3 aromatic rings. The Kier molecular flexibility index (Phi) is 3.08. The molecule has 7 heteroatoms. The van der Waals surface area contributed by atoms with Crippen molar-refractivity contribution in [3.63, 3.8) is 0 Å². The second kappa shape index (κ2) is 4.75. The number of hydrogen-bond donors (Lipinski definition) is 1. The molecule has 0 aliphatic carbocycles. The van der Waals surface area contributed by atoms with E-state index in [2.05, 4.69) is 31.0 Å². The van der Waals surface area contributed by atoms with Crippen LogP contribution in [0.25, 0.3) is 22.0 Å². The van der Waals surface area contributed by atoms with Gasteiger partial charge in [0.05, 0.1) is 16.8 Å².